The minimum Gasteiger partial charge on any atom is -0.465 e. The molecule has 0 aliphatic heterocycles. The van der Waals surface area contributed by atoms with Gasteiger partial charge in [0.25, 0.3) is 5.91 Å². The van der Waals surface area contributed by atoms with Crippen LogP contribution >= 0.6 is 0 Å². The van der Waals surface area contributed by atoms with Gasteiger partial charge < -0.3 is 20.9 Å². The van der Waals surface area contributed by atoms with Crippen molar-refractivity contribution in [1.29, 1.82) is 0 Å². The Labute approximate surface area is 179 Å². The van der Waals surface area contributed by atoms with E-state index in [1.807, 2.05) is 0 Å². The van der Waals surface area contributed by atoms with E-state index in [9.17, 15) is 22.8 Å². The SMILES string of the molecule is NC[C@@H](C=O)Oc1cc(C(N)=O)nc(-c2ccc(Oc3ccc(C(F)(F)F)cn3)cc2)n1. The summed E-state index contributed by atoms with van der Waals surface area (Å²) in [7, 11) is 0. The number of carbonyl (C=O) groups excluding carboxylic acids is 2. The van der Waals surface area contributed by atoms with Crippen molar-refractivity contribution in [2.24, 2.45) is 11.5 Å². The highest BCUT2D eigenvalue weighted by Crippen LogP contribution is 2.30. The van der Waals surface area contributed by atoms with Crippen LogP contribution in [0.4, 0.5) is 13.2 Å². The van der Waals surface area contributed by atoms with E-state index in [4.69, 9.17) is 20.9 Å². The van der Waals surface area contributed by atoms with E-state index in [1.165, 1.54) is 18.2 Å². The summed E-state index contributed by atoms with van der Waals surface area (Å²) in [5.74, 6) is -0.567. The first-order chi connectivity index (χ1) is 15.2. The van der Waals surface area contributed by atoms with Crippen LogP contribution in [0.1, 0.15) is 16.1 Å². The van der Waals surface area contributed by atoms with Crippen LogP contribution in [0.2, 0.25) is 0 Å². The smallest absolute Gasteiger partial charge is 0.417 e. The fourth-order valence-corrected chi connectivity index (χ4v) is 2.43. The van der Waals surface area contributed by atoms with Crippen LogP contribution in [0, 0.1) is 0 Å². The van der Waals surface area contributed by atoms with E-state index in [0.717, 1.165) is 12.1 Å². The molecule has 0 aliphatic rings. The molecule has 0 saturated carbocycles. The van der Waals surface area contributed by atoms with E-state index >= 15 is 0 Å². The van der Waals surface area contributed by atoms with Crippen LogP contribution in [-0.4, -0.2) is 39.8 Å². The van der Waals surface area contributed by atoms with Crippen molar-refractivity contribution in [2.75, 3.05) is 6.54 Å². The molecule has 12 heteroatoms. The van der Waals surface area contributed by atoms with Crippen LogP contribution in [0.25, 0.3) is 11.4 Å². The molecule has 0 radical (unpaired) electrons. The molecule has 3 aromatic rings. The average Bonchev–Trinajstić information content (AvgIpc) is 2.77. The van der Waals surface area contributed by atoms with E-state index in [-0.39, 0.29) is 35.6 Å². The van der Waals surface area contributed by atoms with Gasteiger partial charge in [0.05, 0.1) is 5.56 Å². The molecule has 0 saturated heterocycles. The molecule has 2 heterocycles. The highest BCUT2D eigenvalue weighted by molar-refractivity contribution is 5.91. The zero-order valence-corrected chi connectivity index (χ0v) is 16.2. The number of ether oxygens (including phenoxy) is 2. The second-order valence-electron chi connectivity index (χ2n) is 6.32. The number of aldehydes is 1. The molecule has 0 bridgehead atoms. The van der Waals surface area contributed by atoms with E-state index in [0.29, 0.717) is 18.0 Å². The lowest BCUT2D eigenvalue weighted by atomic mass is 10.2. The van der Waals surface area contributed by atoms with Crippen LogP contribution < -0.4 is 20.9 Å². The van der Waals surface area contributed by atoms with Gasteiger partial charge in [-0.2, -0.15) is 18.2 Å². The van der Waals surface area contributed by atoms with Crippen molar-refractivity contribution in [3.8, 4) is 28.9 Å². The van der Waals surface area contributed by atoms with Gasteiger partial charge in [-0.1, -0.05) is 0 Å². The topological polar surface area (TPSA) is 143 Å². The summed E-state index contributed by atoms with van der Waals surface area (Å²) in [6.07, 6.45) is -4.30. The molecule has 0 spiro atoms. The fourth-order valence-electron chi connectivity index (χ4n) is 2.43. The third-order valence-electron chi connectivity index (χ3n) is 4.01. The molecule has 0 unspecified atom stereocenters. The standard InChI is InChI=1S/C20H16F3N5O4/c21-20(22,23)12-3-6-16(26-9-12)31-13-4-1-11(2-5-13)19-27-15(18(25)30)7-17(28-19)32-14(8-24)10-29/h1-7,9-10,14H,8,24H2,(H2,25,30)/t14-/m0/s1. The normalized spacial score (nSPS) is 12.1. The summed E-state index contributed by atoms with van der Waals surface area (Å²) in [5.41, 5.74) is 10.1. The number of nitrogens with zero attached hydrogens (tertiary/aromatic N) is 3. The van der Waals surface area contributed by atoms with Gasteiger partial charge in [0, 0.05) is 30.4 Å². The van der Waals surface area contributed by atoms with Crippen LogP contribution in [0.15, 0.2) is 48.7 Å². The Morgan fingerprint density at radius 1 is 1.09 bits per heavy atom. The predicted octanol–water partition coefficient (Wildman–Crippen LogP) is 2.35. The minimum atomic E-state index is -4.49. The molecule has 1 atom stereocenters. The van der Waals surface area contributed by atoms with Gasteiger partial charge in [0.2, 0.25) is 11.8 Å². The summed E-state index contributed by atoms with van der Waals surface area (Å²) in [6, 6.07) is 9.24. The lowest BCUT2D eigenvalue weighted by Crippen LogP contribution is -2.28. The molecule has 9 nitrogen and oxygen atoms in total. The van der Waals surface area contributed by atoms with Crippen molar-refractivity contribution in [2.45, 2.75) is 12.3 Å². The van der Waals surface area contributed by atoms with Gasteiger partial charge in [0.15, 0.2) is 18.2 Å². The number of pyridine rings is 1. The van der Waals surface area contributed by atoms with Gasteiger partial charge >= 0.3 is 6.18 Å². The molecule has 2 aromatic heterocycles. The molecule has 3 rings (SSSR count). The second kappa shape index (κ2) is 9.39. The van der Waals surface area contributed by atoms with Crippen LogP contribution in [0.5, 0.6) is 17.5 Å². The van der Waals surface area contributed by atoms with Crippen molar-refractivity contribution in [3.05, 3.63) is 59.9 Å². The fraction of sp³-hybridized carbons (Fsp3) is 0.150. The van der Waals surface area contributed by atoms with E-state index in [2.05, 4.69) is 15.0 Å². The maximum atomic E-state index is 12.6. The highest BCUT2D eigenvalue weighted by atomic mass is 19.4. The monoisotopic (exact) mass is 447 g/mol. The number of nitrogens with two attached hydrogens (primary N) is 2. The molecular formula is C20H16F3N5O4. The lowest BCUT2D eigenvalue weighted by Gasteiger charge is -2.12. The van der Waals surface area contributed by atoms with Gasteiger partial charge in [-0.25, -0.2) is 9.97 Å². The summed E-state index contributed by atoms with van der Waals surface area (Å²) >= 11 is 0. The molecule has 166 valence electrons. The first-order valence-corrected chi connectivity index (χ1v) is 9.02. The van der Waals surface area contributed by atoms with Crippen molar-refractivity contribution in [1.82, 2.24) is 15.0 Å². The zero-order chi connectivity index (χ0) is 23.3. The number of amides is 1. The maximum Gasteiger partial charge on any atom is 0.417 e. The number of carbonyl (C=O) groups is 2. The average molecular weight is 447 g/mol. The predicted molar refractivity (Wildman–Crippen MR) is 105 cm³/mol. The van der Waals surface area contributed by atoms with Crippen LogP contribution in [0.3, 0.4) is 0 Å². The minimum absolute atomic E-state index is 0.0323. The molecule has 32 heavy (non-hydrogen) atoms. The Bertz CT molecular complexity index is 1110. The number of hydrogen-bond donors (Lipinski definition) is 2. The summed E-state index contributed by atoms with van der Waals surface area (Å²) in [4.78, 5) is 34.4. The van der Waals surface area contributed by atoms with Crippen LogP contribution in [-0.2, 0) is 11.0 Å². The number of alkyl halides is 3. The number of benzene rings is 1. The number of hydrogen-bond acceptors (Lipinski definition) is 8. The molecular weight excluding hydrogens is 431 g/mol. The van der Waals surface area contributed by atoms with Crippen molar-refractivity contribution < 1.29 is 32.2 Å². The number of halogens is 3. The number of rotatable bonds is 8. The number of aromatic nitrogens is 3. The molecule has 0 fully saturated rings. The van der Waals surface area contributed by atoms with Crippen molar-refractivity contribution in [3.63, 3.8) is 0 Å². The molecule has 1 aromatic carbocycles. The van der Waals surface area contributed by atoms with Gasteiger partial charge in [0.1, 0.15) is 11.4 Å². The molecule has 0 aliphatic carbocycles. The van der Waals surface area contributed by atoms with Gasteiger partial charge in [-0.15, -0.1) is 0 Å². The highest BCUT2D eigenvalue weighted by Gasteiger charge is 2.30. The first-order valence-electron chi connectivity index (χ1n) is 9.02. The van der Waals surface area contributed by atoms with E-state index in [1.54, 1.807) is 12.1 Å². The Morgan fingerprint density at radius 3 is 2.34 bits per heavy atom. The lowest BCUT2D eigenvalue weighted by molar-refractivity contribution is -0.137. The number of primary amides is 1. The largest absolute Gasteiger partial charge is 0.465 e. The maximum absolute atomic E-state index is 12.6. The Hall–Kier alpha value is -4.06. The third kappa shape index (κ3) is 5.55. The zero-order valence-electron chi connectivity index (χ0n) is 16.2. The summed E-state index contributed by atoms with van der Waals surface area (Å²) in [6.45, 7) is -0.0985. The quantitative estimate of drug-likeness (QED) is 0.501. The molecule has 1 amide bonds. The third-order valence-corrected chi connectivity index (χ3v) is 4.01. The van der Waals surface area contributed by atoms with E-state index < -0.39 is 23.8 Å². The Morgan fingerprint density at radius 2 is 1.81 bits per heavy atom. The second-order valence-corrected chi connectivity index (χ2v) is 6.32. The molecule has 4 N–H and O–H groups in total. The Kier molecular flexibility index (Phi) is 6.64. The van der Waals surface area contributed by atoms with Crippen molar-refractivity contribution >= 4 is 12.2 Å². The van der Waals surface area contributed by atoms with Gasteiger partial charge in [-0.05, 0) is 30.3 Å². The summed E-state index contributed by atoms with van der Waals surface area (Å²) in [5, 5.41) is 0. The first kappa shape index (κ1) is 22.6. The van der Waals surface area contributed by atoms with Gasteiger partial charge in [-0.3, -0.25) is 9.59 Å². The summed E-state index contributed by atoms with van der Waals surface area (Å²) < 4.78 is 48.6. The Balaban J connectivity index is 1.82.